The quantitative estimate of drug-likeness (QED) is 0.759. The first-order chi connectivity index (χ1) is 8.49. The van der Waals surface area contributed by atoms with Crippen LogP contribution in [0.1, 0.15) is 16.8 Å². The van der Waals surface area contributed by atoms with E-state index in [0.29, 0.717) is 0 Å². The highest BCUT2D eigenvalue weighted by Gasteiger charge is 2.39. The number of hydrogen-bond acceptors (Lipinski definition) is 4. The van der Waals surface area contributed by atoms with Gasteiger partial charge in [-0.05, 0) is 12.1 Å². The summed E-state index contributed by atoms with van der Waals surface area (Å²) in [6.07, 6.45) is 0.602. The van der Waals surface area contributed by atoms with E-state index < -0.39 is 24.0 Å². The zero-order chi connectivity index (χ0) is 13.3. The van der Waals surface area contributed by atoms with Crippen LogP contribution in [0, 0.1) is 0 Å². The lowest BCUT2D eigenvalue weighted by molar-refractivity contribution is -0.141. The van der Waals surface area contributed by atoms with Gasteiger partial charge in [-0.2, -0.15) is 0 Å². The van der Waals surface area contributed by atoms with Gasteiger partial charge in [0.25, 0.3) is 5.91 Å². The standard InChI is InChI=1S/C11H11ClN2O4/c12-9-3-6(1-2-13-9)10(16)14-5-7(15)4-8(14)11(17)18/h1-3,7-8,15H,4-5H2,(H,17,18)/t7-,8+/m1/s1. The van der Waals surface area contributed by atoms with Crippen LogP contribution in [-0.4, -0.2) is 50.7 Å². The second-order valence-corrected chi connectivity index (χ2v) is 4.46. The summed E-state index contributed by atoms with van der Waals surface area (Å²) in [6, 6.07) is 1.82. The Balaban J connectivity index is 2.25. The van der Waals surface area contributed by atoms with Crippen molar-refractivity contribution in [2.75, 3.05) is 6.54 Å². The van der Waals surface area contributed by atoms with Gasteiger partial charge in [0.1, 0.15) is 11.2 Å². The van der Waals surface area contributed by atoms with Crippen molar-refractivity contribution in [2.45, 2.75) is 18.6 Å². The second-order valence-electron chi connectivity index (χ2n) is 4.07. The number of pyridine rings is 1. The SMILES string of the molecule is O=C(O)[C@@H]1C[C@@H](O)CN1C(=O)c1ccnc(Cl)c1. The second kappa shape index (κ2) is 4.91. The molecule has 0 bridgehead atoms. The van der Waals surface area contributed by atoms with E-state index >= 15 is 0 Å². The van der Waals surface area contributed by atoms with Gasteiger partial charge in [-0.1, -0.05) is 11.6 Å². The predicted molar refractivity (Wildman–Crippen MR) is 62.3 cm³/mol. The molecule has 2 rings (SSSR count). The Morgan fingerprint density at radius 3 is 2.83 bits per heavy atom. The molecule has 0 aliphatic carbocycles. The largest absolute Gasteiger partial charge is 0.480 e. The number of nitrogens with zero attached hydrogens (tertiary/aromatic N) is 2. The van der Waals surface area contributed by atoms with Crippen LogP contribution >= 0.6 is 11.6 Å². The van der Waals surface area contributed by atoms with Crippen molar-refractivity contribution >= 4 is 23.5 Å². The molecule has 1 aromatic heterocycles. The van der Waals surface area contributed by atoms with E-state index in [1.54, 1.807) is 0 Å². The topological polar surface area (TPSA) is 90.7 Å². The predicted octanol–water partition coefficient (Wildman–Crippen LogP) is 0.395. The van der Waals surface area contributed by atoms with E-state index in [2.05, 4.69) is 4.98 Å². The lowest BCUT2D eigenvalue weighted by Gasteiger charge is -2.21. The molecular weight excluding hydrogens is 260 g/mol. The molecule has 1 aliphatic heterocycles. The van der Waals surface area contributed by atoms with E-state index in [1.165, 1.54) is 18.3 Å². The average Bonchev–Trinajstić information content (AvgIpc) is 2.70. The summed E-state index contributed by atoms with van der Waals surface area (Å²) in [6.45, 7) is 0.00966. The molecule has 96 valence electrons. The van der Waals surface area contributed by atoms with E-state index in [4.69, 9.17) is 16.7 Å². The summed E-state index contributed by atoms with van der Waals surface area (Å²) in [7, 11) is 0. The first kappa shape index (κ1) is 12.8. The molecule has 2 N–H and O–H groups in total. The summed E-state index contributed by atoms with van der Waals surface area (Å²) in [5.74, 6) is -1.59. The highest BCUT2D eigenvalue weighted by molar-refractivity contribution is 6.29. The number of β-amino-alcohol motifs (C(OH)–C–C–N with tert-alkyl or cyclic N) is 1. The molecule has 1 fully saturated rings. The Hall–Kier alpha value is -1.66. The summed E-state index contributed by atoms with van der Waals surface area (Å²) >= 11 is 5.68. The summed E-state index contributed by atoms with van der Waals surface area (Å²) in [5, 5.41) is 18.6. The fourth-order valence-electron chi connectivity index (χ4n) is 1.97. The van der Waals surface area contributed by atoms with Gasteiger partial charge in [-0.3, -0.25) is 4.79 Å². The number of aromatic nitrogens is 1. The van der Waals surface area contributed by atoms with Gasteiger partial charge >= 0.3 is 5.97 Å². The van der Waals surface area contributed by atoms with E-state index in [0.717, 1.165) is 4.90 Å². The number of aliphatic hydroxyl groups is 1. The number of likely N-dealkylation sites (tertiary alicyclic amines) is 1. The van der Waals surface area contributed by atoms with E-state index in [9.17, 15) is 14.7 Å². The van der Waals surface area contributed by atoms with Crippen LogP contribution < -0.4 is 0 Å². The Kier molecular flexibility index (Phi) is 3.49. The number of aliphatic carboxylic acids is 1. The van der Waals surface area contributed by atoms with Crippen molar-refractivity contribution in [1.29, 1.82) is 0 Å². The van der Waals surface area contributed by atoms with Gasteiger partial charge in [0.2, 0.25) is 0 Å². The Bertz CT molecular complexity index is 494. The van der Waals surface area contributed by atoms with Crippen molar-refractivity contribution in [3.05, 3.63) is 29.0 Å². The van der Waals surface area contributed by atoms with Crippen molar-refractivity contribution in [3.8, 4) is 0 Å². The zero-order valence-electron chi connectivity index (χ0n) is 9.28. The number of halogens is 1. The maximum atomic E-state index is 12.1. The van der Waals surface area contributed by atoms with Gasteiger partial charge in [-0.15, -0.1) is 0 Å². The highest BCUT2D eigenvalue weighted by atomic mass is 35.5. The van der Waals surface area contributed by atoms with Crippen LogP contribution in [0.15, 0.2) is 18.3 Å². The summed E-state index contributed by atoms with van der Waals surface area (Å²) < 4.78 is 0. The van der Waals surface area contributed by atoms with Gasteiger partial charge in [0.15, 0.2) is 0 Å². The van der Waals surface area contributed by atoms with Gasteiger partial charge in [0.05, 0.1) is 6.10 Å². The maximum absolute atomic E-state index is 12.1. The van der Waals surface area contributed by atoms with Crippen LogP contribution in [-0.2, 0) is 4.79 Å². The van der Waals surface area contributed by atoms with Crippen molar-refractivity contribution in [3.63, 3.8) is 0 Å². The number of carboxylic acids is 1. The number of carbonyl (C=O) groups is 2. The van der Waals surface area contributed by atoms with Crippen LogP contribution in [0.4, 0.5) is 0 Å². The minimum Gasteiger partial charge on any atom is -0.480 e. The van der Waals surface area contributed by atoms with Crippen LogP contribution in [0.2, 0.25) is 5.15 Å². The number of amides is 1. The molecule has 2 heterocycles. The third-order valence-electron chi connectivity index (χ3n) is 2.80. The number of rotatable bonds is 2. The summed E-state index contributed by atoms with van der Waals surface area (Å²) in [4.78, 5) is 28.0. The number of aliphatic hydroxyl groups excluding tert-OH is 1. The first-order valence-corrected chi connectivity index (χ1v) is 5.70. The van der Waals surface area contributed by atoms with Crippen molar-refractivity contribution < 1.29 is 19.8 Å². The molecule has 7 heteroatoms. The minimum absolute atomic E-state index is 0.00966. The third kappa shape index (κ3) is 2.44. The zero-order valence-corrected chi connectivity index (χ0v) is 10.0. The highest BCUT2D eigenvalue weighted by Crippen LogP contribution is 2.21. The van der Waals surface area contributed by atoms with Crippen molar-refractivity contribution in [2.24, 2.45) is 0 Å². The van der Waals surface area contributed by atoms with Crippen LogP contribution in [0.25, 0.3) is 0 Å². The van der Waals surface area contributed by atoms with Crippen LogP contribution in [0.3, 0.4) is 0 Å². The van der Waals surface area contributed by atoms with E-state index in [1.807, 2.05) is 0 Å². The molecule has 0 saturated carbocycles. The molecule has 0 spiro atoms. The molecule has 1 aliphatic rings. The third-order valence-corrected chi connectivity index (χ3v) is 3.01. The van der Waals surface area contributed by atoms with Crippen molar-refractivity contribution in [1.82, 2.24) is 9.88 Å². The first-order valence-electron chi connectivity index (χ1n) is 5.32. The molecule has 1 amide bonds. The smallest absolute Gasteiger partial charge is 0.326 e. The molecule has 2 atom stereocenters. The molecule has 1 aromatic rings. The number of carbonyl (C=O) groups excluding carboxylic acids is 1. The number of hydrogen-bond donors (Lipinski definition) is 2. The lowest BCUT2D eigenvalue weighted by atomic mass is 10.2. The lowest BCUT2D eigenvalue weighted by Crippen LogP contribution is -2.40. The fraction of sp³-hybridized carbons (Fsp3) is 0.364. The van der Waals surface area contributed by atoms with Gasteiger partial charge < -0.3 is 15.1 Å². The number of carboxylic acid groups (broad SMARTS) is 1. The molecule has 0 aromatic carbocycles. The maximum Gasteiger partial charge on any atom is 0.326 e. The minimum atomic E-state index is -1.12. The molecule has 1 saturated heterocycles. The van der Waals surface area contributed by atoms with Gasteiger partial charge in [-0.25, -0.2) is 9.78 Å². The fourth-order valence-corrected chi connectivity index (χ4v) is 2.15. The Morgan fingerprint density at radius 2 is 2.22 bits per heavy atom. The molecule has 0 radical (unpaired) electrons. The Morgan fingerprint density at radius 1 is 1.50 bits per heavy atom. The normalized spacial score (nSPS) is 23.1. The Labute approximate surface area is 108 Å². The molecule has 6 nitrogen and oxygen atoms in total. The molecule has 18 heavy (non-hydrogen) atoms. The van der Waals surface area contributed by atoms with Crippen LogP contribution in [0.5, 0.6) is 0 Å². The summed E-state index contributed by atoms with van der Waals surface area (Å²) in [5.41, 5.74) is 0.260. The average molecular weight is 271 g/mol. The molecular formula is C11H11ClN2O4. The monoisotopic (exact) mass is 270 g/mol. The van der Waals surface area contributed by atoms with E-state index in [-0.39, 0.29) is 23.7 Å². The van der Waals surface area contributed by atoms with Gasteiger partial charge in [0, 0.05) is 24.7 Å². The molecule has 0 unspecified atom stereocenters.